The van der Waals surface area contributed by atoms with Crippen molar-refractivity contribution >= 4 is 13.5 Å². The maximum atomic E-state index is 12.0. The van der Waals surface area contributed by atoms with Crippen LogP contribution in [-0.4, -0.2) is 43.7 Å². The smallest absolute Gasteiger partial charge is 0.353 e. The fourth-order valence-corrected chi connectivity index (χ4v) is 2.53. The van der Waals surface area contributed by atoms with Crippen LogP contribution in [0.5, 0.6) is 0 Å². The molecule has 0 aromatic heterocycles. The van der Waals surface area contributed by atoms with E-state index in [0.717, 1.165) is 0 Å². The Labute approximate surface area is 115 Å². The highest BCUT2D eigenvalue weighted by atomic mass is 31.2. The summed E-state index contributed by atoms with van der Waals surface area (Å²) in [6.45, 7) is -4.14. The summed E-state index contributed by atoms with van der Waals surface area (Å²) in [4.78, 5) is 11.4. The van der Waals surface area contributed by atoms with E-state index in [1.165, 1.54) is 0 Å². The molecule has 21 heavy (non-hydrogen) atoms. The second-order valence-corrected chi connectivity index (χ2v) is 6.44. The van der Waals surface area contributed by atoms with Crippen molar-refractivity contribution in [3.63, 3.8) is 0 Å². The van der Waals surface area contributed by atoms with Crippen molar-refractivity contribution in [3.05, 3.63) is 0 Å². The van der Waals surface area contributed by atoms with Gasteiger partial charge in [0.2, 0.25) is 5.91 Å². The van der Waals surface area contributed by atoms with Crippen molar-refractivity contribution in [2.24, 2.45) is 0 Å². The maximum Gasteiger partial charge on any atom is 0.412 e. The molecule has 12 heteroatoms. The second-order valence-electron chi connectivity index (χ2n) is 4.39. The van der Waals surface area contributed by atoms with Gasteiger partial charge in [-0.15, -0.1) is 0 Å². The number of hydrogen-bond acceptors (Lipinski definition) is 4. The molecule has 0 atom stereocenters. The Bertz CT molecular complexity index is 397. The summed E-state index contributed by atoms with van der Waals surface area (Å²) >= 11 is 0. The predicted octanol–water partition coefficient (Wildman–Crippen LogP) is 2.62. The molecule has 1 saturated carbocycles. The SMILES string of the molecule is O=C(CP(=O)(OCC(F)(F)F)OCC(F)(F)F)NC1CC1. The van der Waals surface area contributed by atoms with Crippen molar-refractivity contribution in [1.82, 2.24) is 5.32 Å². The second kappa shape index (κ2) is 6.53. The molecule has 1 N–H and O–H groups in total. The average molecular weight is 343 g/mol. The molecule has 0 spiro atoms. The van der Waals surface area contributed by atoms with Gasteiger partial charge < -0.3 is 5.32 Å². The summed E-state index contributed by atoms with van der Waals surface area (Å²) in [6.07, 6.45) is -9.74. The normalized spacial score (nSPS) is 16.9. The van der Waals surface area contributed by atoms with Crippen LogP contribution in [0, 0.1) is 0 Å². The minimum atomic E-state index is -4.91. The number of nitrogens with one attached hydrogen (secondary N) is 1. The third-order valence-corrected chi connectivity index (χ3v) is 3.85. The summed E-state index contributed by atoms with van der Waals surface area (Å²) in [5.41, 5.74) is 0. The van der Waals surface area contributed by atoms with Gasteiger partial charge in [0.05, 0.1) is 0 Å². The first-order valence-electron chi connectivity index (χ1n) is 5.70. The monoisotopic (exact) mass is 343 g/mol. The van der Waals surface area contributed by atoms with Gasteiger partial charge in [-0.25, -0.2) is 0 Å². The van der Waals surface area contributed by atoms with Crippen molar-refractivity contribution in [2.75, 3.05) is 19.4 Å². The third-order valence-electron chi connectivity index (χ3n) is 2.13. The van der Waals surface area contributed by atoms with Crippen LogP contribution >= 0.6 is 7.60 Å². The first kappa shape index (κ1) is 18.2. The molecule has 0 heterocycles. The van der Waals surface area contributed by atoms with E-state index in [1.54, 1.807) is 0 Å². The van der Waals surface area contributed by atoms with E-state index in [4.69, 9.17) is 0 Å². The van der Waals surface area contributed by atoms with Crippen LogP contribution < -0.4 is 5.32 Å². The van der Waals surface area contributed by atoms with Crippen molar-refractivity contribution in [3.8, 4) is 0 Å². The van der Waals surface area contributed by atoms with Crippen molar-refractivity contribution in [1.29, 1.82) is 0 Å². The Balaban J connectivity index is 2.62. The van der Waals surface area contributed by atoms with Gasteiger partial charge >= 0.3 is 19.9 Å². The zero-order chi connectivity index (χ0) is 16.3. The van der Waals surface area contributed by atoms with Crippen LogP contribution in [0.1, 0.15) is 12.8 Å². The van der Waals surface area contributed by atoms with E-state index in [1.807, 2.05) is 0 Å². The van der Waals surface area contributed by atoms with Gasteiger partial charge in [0, 0.05) is 6.04 Å². The zero-order valence-electron chi connectivity index (χ0n) is 10.5. The van der Waals surface area contributed by atoms with Gasteiger partial charge in [0.25, 0.3) is 0 Å². The zero-order valence-corrected chi connectivity index (χ0v) is 11.4. The molecular weight excluding hydrogens is 331 g/mol. The van der Waals surface area contributed by atoms with E-state index in [9.17, 15) is 35.7 Å². The molecule has 1 fully saturated rings. The topological polar surface area (TPSA) is 64.6 Å². The Hall–Kier alpha value is -0.800. The minimum Gasteiger partial charge on any atom is -0.353 e. The predicted molar refractivity (Wildman–Crippen MR) is 57.7 cm³/mol. The number of carbonyl (C=O) groups is 1. The average Bonchev–Trinajstić information content (AvgIpc) is 3.06. The maximum absolute atomic E-state index is 12.0. The highest BCUT2D eigenvalue weighted by molar-refractivity contribution is 7.54. The van der Waals surface area contributed by atoms with Crippen LogP contribution in [-0.2, 0) is 18.4 Å². The quantitative estimate of drug-likeness (QED) is 0.570. The summed E-state index contributed by atoms with van der Waals surface area (Å²) < 4.78 is 91.6. The molecule has 5 nitrogen and oxygen atoms in total. The largest absolute Gasteiger partial charge is 0.412 e. The molecule has 1 amide bonds. The van der Waals surface area contributed by atoms with Crippen LogP contribution in [0.2, 0.25) is 0 Å². The molecular formula is C9H12F6NO4P. The van der Waals surface area contributed by atoms with E-state index in [-0.39, 0.29) is 6.04 Å². The number of alkyl halides is 6. The lowest BCUT2D eigenvalue weighted by Gasteiger charge is -2.20. The van der Waals surface area contributed by atoms with E-state index < -0.39 is 45.2 Å². The molecule has 0 saturated heterocycles. The van der Waals surface area contributed by atoms with Gasteiger partial charge in [-0.05, 0) is 12.8 Å². The molecule has 0 bridgehead atoms. The third kappa shape index (κ3) is 8.94. The molecule has 0 radical (unpaired) electrons. The fraction of sp³-hybridized carbons (Fsp3) is 0.889. The molecule has 1 aliphatic rings. The first-order valence-corrected chi connectivity index (χ1v) is 7.42. The van der Waals surface area contributed by atoms with Gasteiger partial charge in [0.15, 0.2) is 13.2 Å². The molecule has 1 aliphatic carbocycles. The summed E-state index contributed by atoms with van der Waals surface area (Å²) in [5.74, 6) is -0.981. The fourth-order valence-electron chi connectivity index (χ4n) is 1.15. The van der Waals surface area contributed by atoms with E-state index in [0.29, 0.717) is 12.8 Å². The highest BCUT2D eigenvalue weighted by Crippen LogP contribution is 2.50. The minimum absolute atomic E-state index is 0.198. The van der Waals surface area contributed by atoms with E-state index in [2.05, 4.69) is 14.4 Å². The number of rotatable bonds is 7. The van der Waals surface area contributed by atoms with Crippen LogP contribution in [0.25, 0.3) is 0 Å². The van der Waals surface area contributed by atoms with Crippen LogP contribution in [0.4, 0.5) is 26.3 Å². The molecule has 124 valence electrons. The standard InChI is InChI=1S/C9H12F6NO4P/c10-8(11,12)4-19-21(18,20-5-9(13,14)15)3-7(17)16-6-1-2-6/h6H,1-5H2,(H,16,17). The lowest BCUT2D eigenvalue weighted by atomic mass is 10.6. The molecule has 0 unspecified atom stereocenters. The Morgan fingerprint density at radius 1 is 1.05 bits per heavy atom. The summed E-state index contributed by atoms with van der Waals surface area (Å²) in [6, 6.07) is -0.198. The van der Waals surface area contributed by atoms with Crippen LogP contribution in [0.3, 0.4) is 0 Å². The van der Waals surface area contributed by atoms with Gasteiger partial charge in [-0.1, -0.05) is 0 Å². The lowest BCUT2D eigenvalue weighted by molar-refractivity contribution is -0.165. The van der Waals surface area contributed by atoms with E-state index >= 15 is 0 Å². The highest BCUT2D eigenvalue weighted by Gasteiger charge is 2.40. The number of hydrogen-bond donors (Lipinski definition) is 1. The Morgan fingerprint density at radius 2 is 1.48 bits per heavy atom. The first-order chi connectivity index (χ1) is 9.39. The van der Waals surface area contributed by atoms with Crippen molar-refractivity contribution < 1.29 is 44.7 Å². The molecule has 0 aliphatic heterocycles. The Morgan fingerprint density at radius 3 is 1.81 bits per heavy atom. The number of amides is 1. The van der Waals surface area contributed by atoms with Gasteiger partial charge in [-0.3, -0.25) is 18.4 Å². The molecule has 0 aromatic rings. The van der Waals surface area contributed by atoms with Gasteiger partial charge in [0.1, 0.15) is 6.16 Å². The number of halogens is 6. The van der Waals surface area contributed by atoms with Gasteiger partial charge in [-0.2, -0.15) is 26.3 Å². The molecule has 0 aromatic carbocycles. The summed E-state index contributed by atoms with van der Waals surface area (Å²) in [7, 11) is -4.85. The van der Waals surface area contributed by atoms with Crippen LogP contribution in [0.15, 0.2) is 0 Å². The lowest BCUT2D eigenvalue weighted by Crippen LogP contribution is -2.30. The van der Waals surface area contributed by atoms with Crippen molar-refractivity contribution in [2.45, 2.75) is 31.2 Å². The number of carbonyl (C=O) groups excluding carboxylic acids is 1. The summed E-state index contributed by atoms with van der Waals surface area (Å²) in [5, 5.41) is 2.27. The Kier molecular flexibility index (Phi) is 5.68. The molecule has 1 rings (SSSR count).